The van der Waals surface area contributed by atoms with Crippen LogP contribution in [0.1, 0.15) is 5.01 Å². The maximum absolute atomic E-state index is 11.0. The van der Waals surface area contributed by atoms with Crippen LogP contribution in [0.2, 0.25) is 0 Å². The van der Waals surface area contributed by atoms with Gasteiger partial charge in [-0.2, -0.15) is 12.6 Å². The zero-order valence-corrected chi connectivity index (χ0v) is 10.3. The molecule has 3 aromatic rings. The summed E-state index contributed by atoms with van der Waals surface area (Å²) < 4.78 is 4.94. The maximum Gasteiger partial charge on any atom is 0.417 e. The molecule has 2 aromatic heterocycles. The summed E-state index contributed by atoms with van der Waals surface area (Å²) in [7, 11) is 0. The van der Waals surface area contributed by atoms with Crippen molar-refractivity contribution in [2.45, 2.75) is 5.75 Å². The average Bonchev–Trinajstić information content (AvgIpc) is 2.92. The van der Waals surface area contributed by atoms with E-state index < -0.39 is 5.76 Å². The Bertz CT molecular complexity index is 726. The van der Waals surface area contributed by atoms with Crippen molar-refractivity contribution >= 4 is 35.1 Å². The van der Waals surface area contributed by atoms with Crippen LogP contribution in [0.25, 0.3) is 22.4 Å². The number of thiol groups is 1. The van der Waals surface area contributed by atoms with Crippen LogP contribution in [-0.2, 0) is 5.75 Å². The summed E-state index contributed by atoms with van der Waals surface area (Å²) >= 11 is 5.76. The number of hydrogen-bond acceptors (Lipinski definition) is 5. The van der Waals surface area contributed by atoms with Crippen LogP contribution >= 0.6 is 24.0 Å². The third-order valence-electron chi connectivity index (χ3n) is 2.40. The summed E-state index contributed by atoms with van der Waals surface area (Å²) in [5.74, 6) is 0.196. The van der Waals surface area contributed by atoms with Crippen molar-refractivity contribution in [3.05, 3.63) is 39.1 Å². The Labute approximate surface area is 106 Å². The number of nitrogens with zero attached hydrogens (tertiary/aromatic N) is 1. The number of rotatable bonds is 2. The summed E-state index contributed by atoms with van der Waals surface area (Å²) in [6.07, 6.45) is 0. The molecule has 4 nitrogen and oxygen atoms in total. The standard InChI is InChI=1S/C11H8N2O2S2/c14-11-13-7-3-6(1-2-9(7)15-11)8-5-17-10(4-16)12-8/h1-3,5,16H,4H2,(H,13,14). The highest BCUT2D eigenvalue weighted by atomic mass is 32.1. The minimum Gasteiger partial charge on any atom is -0.408 e. The van der Waals surface area contributed by atoms with Crippen LogP contribution in [0.3, 0.4) is 0 Å². The van der Waals surface area contributed by atoms with Crippen LogP contribution in [0.15, 0.2) is 32.8 Å². The lowest BCUT2D eigenvalue weighted by atomic mass is 10.1. The fourth-order valence-corrected chi connectivity index (χ4v) is 2.58. The van der Waals surface area contributed by atoms with Crippen molar-refractivity contribution in [3.8, 4) is 11.3 Å². The van der Waals surface area contributed by atoms with E-state index in [0.29, 0.717) is 16.9 Å². The first-order chi connectivity index (χ1) is 8.26. The average molecular weight is 264 g/mol. The van der Waals surface area contributed by atoms with Crippen LogP contribution in [0.5, 0.6) is 0 Å². The van der Waals surface area contributed by atoms with Gasteiger partial charge < -0.3 is 4.42 Å². The summed E-state index contributed by atoms with van der Waals surface area (Å²) in [6, 6.07) is 5.51. The highest BCUT2D eigenvalue weighted by Gasteiger charge is 2.06. The van der Waals surface area contributed by atoms with E-state index >= 15 is 0 Å². The quantitative estimate of drug-likeness (QED) is 0.700. The second-order valence-electron chi connectivity index (χ2n) is 3.51. The maximum atomic E-state index is 11.0. The highest BCUT2D eigenvalue weighted by molar-refractivity contribution is 7.79. The summed E-state index contributed by atoms with van der Waals surface area (Å²) in [6.45, 7) is 0. The Morgan fingerprint density at radius 1 is 1.47 bits per heavy atom. The molecule has 0 atom stereocenters. The van der Waals surface area contributed by atoms with E-state index in [9.17, 15) is 4.79 Å². The van der Waals surface area contributed by atoms with E-state index in [-0.39, 0.29) is 0 Å². The molecule has 2 heterocycles. The lowest BCUT2D eigenvalue weighted by Crippen LogP contribution is -1.92. The molecule has 0 aliphatic carbocycles. The molecule has 0 amide bonds. The summed E-state index contributed by atoms with van der Waals surface area (Å²) in [4.78, 5) is 18.1. The fraction of sp³-hybridized carbons (Fsp3) is 0.0909. The van der Waals surface area contributed by atoms with Gasteiger partial charge in [0, 0.05) is 16.7 Å². The molecule has 17 heavy (non-hydrogen) atoms. The van der Waals surface area contributed by atoms with Gasteiger partial charge in [-0.3, -0.25) is 4.98 Å². The zero-order valence-electron chi connectivity index (χ0n) is 8.64. The van der Waals surface area contributed by atoms with E-state index in [2.05, 4.69) is 22.6 Å². The molecule has 6 heteroatoms. The van der Waals surface area contributed by atoms with E-state index in [4.69, 9.17) is 4.42 Å². The minimum atomic E-state index is -0.438. The molecule has 0 aliphatic rings. The minimum absolute atomic E-state index is 0.438. The Morgan fingerprint density at radius 3 is 3.12 bits per heavy atom. The summed E-state index contributed by atoms with van der Waals surface area (Å²) in [5, 5.41) is 2.95. The predicted octanol–water partition coefficient (Wildman–Crippen LogP) is 2.67. The largest absolute Gasteiger partial charge is 0.417 e. The highest BCUT2D eigenvalue weighted by Crippen LogP contribution is 2.25. The molecular weight excluding hydrogens is 256 g/mol. The molecule has 1 N–H and O–H groups in total. The smallest absolute Gasteiger partial charge is 0.408 e. The first-order valence-electron chi connectivity index (χ1n) is 4.95. The van der Waals surface area contributed by atoms with Crippen LogP contribution in [0, 0.1) is 0 Å². The van der Waals surface area contributed by atoms with Crippen molar-refractivity contribution in [1.29, 1.82) is 0 Å². The Balaban J connectivity index is 2.13. The molecular formula is C11H8N2O2S2. The molecule has 0 saturated heterocycles. The third-order valence-corrected chi connectivity index (χ3v) is 3.76. The number of nitrogens with one attached hydrogen (secondary N) is 1. The van der Waals surface area contributed by atoms with Crippen LogP contribution < -0.4 is 5.76 Å². The van der Waals surface area contributed by atoms with E-state index in [1.165, 1.54) is 0 Å². The molecule has 0 bridgehead atoms. The molecule has 0 fully saturated rings. The zero-order chi connectivity index (χ0) is 11.8. The van der Waals surface area contributed by atoms with E-state index in [1.54, 1.807) is 17.4 Å². The second kappa shape index (κ2) is 4.05. The van der Waals surface area contributed by atoms with Gasteiger partial charge in [0.2, 0.25) is 0 Å². The van der Waals surface area contributed by atoms with Crippen LogP contribution in [-0.4, -0.2) is 9.97 Å². The molecule has 3 rings (SSSR count). The number of H-pyrrole nitrogens is 1. The summed E-state index contributed by atoms with van der Waals surface area (Å²) in [5.41, 5.74) is 3.10. The van der Waals surface area contributed by atoms with Gasteiger partial charge in [0.15, 0.2) is 5.58 Å². The molecule has 0 spiro atoms. The number of oxazole rings is 1. The number of aromatic nitrogens is 2. The molecule has 0 saturated carbocycles. The second-order valence-corrected chi connectivity index (χ2v) is 4.77. The number of thiazole rings is 1. The number of fused-ring (bicyclic) bond motifs is 1. The van der Waals surface area contributed by atoms with Gasteiger partial charge in [0.25, 0.3) is 0 Å². The lowest BCUT2D eigenvalue weighted by molar-refractivity contribution is 0.555. The normalized spacial score (nSPS) is 11.1. The predicted molar refractivity (Wildman–Crippen MR) is 70.6 cm³/mol. The van der Waals surface area contributed by atoms with E-state index in [0.717, 1.165) is 16.3 Å². The van der Waals surface area contributed by atoms with Gasteiger partial charge in [0.1, 0.15) is 5.01 Å². The molecule has 1 aromatic carbocycles. The lowest BCUT2D eigenvalue weighted by Gasteiger charge is -1.95. The van der Waals surface area contributed by atoms with Crippen LogP contribution in [0.4, 0.5) is 0 Å². The van der Waals surface area contributed by atoms with Crippen molar-refractivity contribution in [1.82, 2.24) is 9.97 Å². The van der Waals surface area contributed by atoms with Crippen molar-refractivity contribution < 1.29 is 4.42 Å². The third kappa shape index (κ3) is 1.89. The Kier molecular flexibility index (Phi) is 2.53. The Morgan fingerprint density at radius 2 is 2.35 bits per heavy atom. The van der Waals surface area contributed by atoms with Gasteiger partial charge in [-0.05, 0) is 18.2 Å². The fourth-order valence-electron chi connectivity index (χ4n) is 1.63. The number of hydrogen-bond donors (Lipinski definition) is 2. The number of aromatic amines is 1. The van der Waals surface area contributed by atoms with Crippen molar-refractivity contribution in [2.24, 2.45) is 0 Å². The van der Waals surface area contributed by atoms with Crippen molar-refractivity contribution in [3.63, 3.8) is 0 Å². The van der Waals surface area contributed by atoms with Gasteiger partial charge in [-0.15, -0.1) is 11.3 Å². The molecule has 86 valence electrons. The topological polar surface area (TPSA) is 58.9 Å². The molecule has 0 aliphatic heterocycles. The molecule has 0 radical (unpaired) electrons. The first kappa shape index (κ1) is 10.6. The SMILES string of the molecule is O=c1[nH]c2cc(-c3csc(CS)n3)ccc2o1. The van der Waals surface area contributed by atoms with Gasteiger partial charge >= 0.3 is 5.76 Å². The number of benzene rings is 1. The Hall–Kier alpha value is -1.53. The van der Waals surface area contributed by atoms with E-state index in [1.807, 2.05) is 17.5 Å². The monoisotopic (exact) mass is 264 g/mol. The van der Waals surface area contributed by atoms with Crippen molar-refractivity contribution in [2.75, 3.05) is 0 Å². The van der Waals surface area contributed by atoms with Gasteiger partial charge in [-0.1, -0.05) is 0 Å². The molecule has 0 unspecified atom stereocenters. The first-order valence-corrected chi connectivity index (χ1v) is 6.46. The van der Waals surface area contributed by atoms with Gasteiger partial charge in [0.05, 0.1) is 11.2 Å². The van der Waals surface area contributed by atoms with Gasteiger partial charge in [-0.25, -0.2) is 9.78 Å².